The summed E-state index contributed by atoms with van der Waals surface area (Å²) < 4.78 is 47.3. The number of hydrogen-bond donors (Lipinski definition) is 1. The van der Waals surface area contributed by atoms with Gasteiger partial charge >= 0.3 is 0 Å². The Hall–Kier alpha value is -2.45. The number of rotatable bonds is 11. The van der Waals surface area contributed by atoms with Crippen LogP contribution in [0.1, 0.15) is 0 Å². The number of ether oxygens (including phenoxy) is 4. The van der Waals surface area contributed by atoms with Crippen LogP contribution in [0.4, 0.5) is 0 Å². The third kappa shape index (κ3) is 6.81. The molecule has 0 unspecified atom stereocenters. The molecule has 0 aliphatic carbocycles. The van der Waals surface area contributed by atoms with Gasteiger partial charge in [-0.1, -0.05) is 0 Å². The molecule has 2 rings (SSSR count). The molecule has 1 N–H and O–H groups in total. The quantitative estimate of drug-likeness (QED) is 0.600. The fourth-order valence-corrected chi connectivity index (χ4v) is 2.89. The number of nitrogens with one attached hydrogen (secondary N) is 1. The maximum Gasteiger partial charge on any atom is 0.215 e. The zero-order valence-electron chi connectivity index (χ0n) is 14.8. The van der Waals surface area contributed by atoms with Crippen LogP contribution in [-0.2, 0) is 10.0 Å². The molecule has 0 fully saturated rings. The Morgan fingerprint density at radius 2 is 1.15 bits per heavy atom. The zero-order chi connectivity index (χ0) is 18.8. The van der Waals surface area contributed by atoms with Crippen molar-refractivity contribution in [1.29, 1.82) is 0 Å². The van der Waals surface area contributed by atoms with Crippen LogP contribution in [0.5, 0.6) is 23.0 Å². The van der Waals surface area contributed by atoms with Crippen molar-refractivity contribution < 1.29 is 27.4 Å². The van der Waals surface area contributed by atoms with E-state index in [4.69, 9.17) is 18.9 Å². The van der Waals surface area contributed by atoms with Crippen molar-refractivity contribution in [3.63, 3.8) is 0 Å². The van der Waals surface area contributed by atoms with Crippen LogP contribution in [0.25, 0.3) is 0 Å². The van der Waals surface area contributed by atoms with E-state index in [2.05, 4.69) is 4.72 Å². The van der Waals surface area contributed by atoms with Gasteiger partial charge in [-0.05, 0) is 48.5 Å². The lowest BCUT2D eigenvalue weighted by molar-refractivity contribution is 0.320. The molecule has 0 radical (unpaired) electrons. The molecule has 0 aromatic heterocycles. The van der Waals surface area contributed by atoms with E-state index in [-0.39, 0.29) is 25.5 Å². The first-order valence-corrected chi connectivity index (χ1v) is 9.69. The lowest BCUT2D eigenvalue weighted by atomic mass is 10.3. The summed E-state index contributed by atoms with van der Waals surface area (Å²) in [6, 6.07) is 14.0. The summed E-state index contributed by atoms with van der Waals surface area (Å²) in [6.45, 7) is 0.461. The van der Waals surface area contributed by atoms with Crippen molar-refractivity contribution >= 4 is 10.0 Å². The van der Waals surface area contributed by atoms with Gasteiger partial charge in [0, 0.05) is 6.54 Å². The Labute approximate surface area is 153 Å². The van der Waals surface area contributed by atoms with Gasteiger partial charge in [0.15, 0.2) is 0 Å². The van der Waals surface area contributed by atoms with E-state index in [0.717, 1.165) is 5.75 Å². The second-order valence-corrected chi connectivity index (χ2v) is 7.19. The molecule has 2 aromatic rings. The van der Waals surface area contributed by atoms with Crippen molar-refractivity contribution in [2.75, 3.05) is 39.7 Å². The second-order valence-electron chi connectivity index (χ2n) is 5.26. The largest absolute Gasteiger partial charge is 0.497 e. The van der Waals surface area contributed by atoms with Gasteiger partial charge in [0.2, 0.25) is 10.0 Å². The lowest BCUT2D eigenvalue weighted by Crippen LogP contribution is -2.32. The van der Waals surface area contributed by atoms with Gasteiger partial charge in [-0.2, -0.15) is 0 Å². The summed E-state index contributed by atoms with van der Waals surface area (Å²) in [5.41, 5.74) is 0. The van der Waals surface area contributed by atoms with Crippen molar-refractivity contribution in [3.8, 4) is 23.0 Å². The topological polar surface area (TPSA) is 83.1 Å². The predicted octanol–water partition coefficient (Wildman–Crippen LogP) is 2.08. The minimum absolute atomic E-state index is 0.0565. The van der Waals surface area contributed by atoms with E-state index in [1.165, 1.54) is 0 Å². The molecule has 7 nitrogen and oxygen atoms in total. The van der Waals surface area contributed by atoms with Crippen LogP contribution in [0.3, 0.4) is 0 Å². The van der Waals surface area contributed by atoms with Gasteiger partial charge in [-0.3, -0.25) is 0 Å². The molecular formula is C18H23NO6S. The van der Waals surface area contributed by atoms with Crippen molar-refractivity contribution in [1.82, 2.24) is 4.72 Å². The molecule has 0 amide bonds. The highest BCUT2D eigenvalue weighted by atomic mass is 32.2. The lowest BCUT2D eigenvalue weighted by Gasteiger charge is -2.10. The SMILES string of the molecule is COc1ccc(OCCNS(=O)(=O)CCOc2ccc(OC)cc2)cc1. The normalized spacial score (nSPS) is 11.0. The Bertz CT molecular complexity index is 759. The van der Waals surface area contributed by atoms with E-state index in [9.17, 15) is 8.42 Å². The third-order valence-electron chi connectivity index (χ3n) is 3.43. The van der Waals surface area contributed by atoms with Gasteiger partial charge in [-0.15, -0.1) is 0 Å². The van der Waals surface area contributed by atoms with Crippen LogP contribution in [0.2, 0.25) is 0 Å². The molecule has 0 saturated heterocycles. The summed E-state index contributed by atoms with van der Waals surface area (Å²) >= 11 is 0. The van der Waals surface area contributed by atoms with Crippen LogP contribution in [-0.4, -0.2) is 48.1 Å². The minimum Gasteiger partial charge on any atom is -0.497 e. The van der Waals surface area contributed by atoms with Gasteiger partial charge in [0.25, 0.3) is 0 Å². The van der Waals surface area contributed by atoms with Crippen molar-refractivity contribution in [2.24, 2.45) is 0 Å². The van der Waals surface area contributed by atoms with Crippen molar-refractivity contribution in [3.05, 3.63) is 48.5 Å². The van der Waals surface area contributed by atoms with E-state index in [0.29, 0.717) is 17.2 Å². The number of benzene rings is 2. The first-order chi connectivity index (χ1) is 12.5. The van der Waals surface area contributed by atoms with Gasteiger partial charge < -0.3 is 18.9 Å². The molecule has 0 bridgehead atoms. The third-order valence-corrected chi connectivity index (χ3v) is 4.78. The first kappa shape index (κ1) is 19.9. The number of hydrogen-bond acceptors (Lipinski definition) is 6. The Kier molecular flexibility index (Phi) is 7.55. The van der Waals surface area contributed by atoms with Crippen LogP contribution < -0.4 is 23.7 Å². The average Bonchev–Trinajstić information content (AvgIpc) is 2.66. The molecule has 8 heteroatoms. The highest BCUT2D eigenvalue weighted by Gasteiger charge is 2.10. The standard InChI is InChI=1S/C18H23NO6S/c1-22-15-3-7-17(8-4-15)24-12-11-19-26(20,21)14-13-25-18-9-5-16(23-2)6-10-18/h3-10,19H,11-14H2,1-2H3. The summed E-state index contributed by atoms with van der Waals surface area (Å²) in [6.07, 6.45) is 0. The van der Waals surface area contributed by atoms with Crippen LogP contribution in [0, 0.1) is 0 Å². The van der Waals surface area contributed by atoms with E-state index >= 15 is 0 Å². The molecule has 142 valence electrons. The number of sulfonamides is 1. The first-order valence-electron chi connectivity index (χ1n) is 8.03. The highest BCUT2D eigenvalue weighted by molar-refractivity contribution is 7.89. The summed E-state index contributed by atoms with van der Waals surface area (Å²) in [4.78, 5) is 0. The molecule has 2 aromatic carbocycles. The molecular weight excluding hydrogens is 358 g/mol. The predicted molar refractivity (Wildman–Crippen MR) is 98.8 cm³/mol. The fourth-order valence-electron chi connectivity index (χ4n) is 2.05. The van der Waals surface area contributed by atoms with Crippen molar-refractivity contribution in [2.45, 2.75) is 0 Å². The smallest absolute Gasteiger partial charge is 0.215 e. The molecule has 0 spiro atoms. The van der Waals surface area contributed by atoms with Crippen LogP contribution >= 0.6 is 0 Å². The van der Waals surface area contributed by atoms with E-state index in [1.807, 2.05) is 0 Å². The molecule has 0 aliphatic rings. The van der Waals surface area contributed by atoms with Gasteiger partial charge in [-0.25, -0.2) is 13.1 Å². The second kappa shape index (κ2) is 9.88. The Balaban J connectivity index is 1.65. The zero-order valence-corrected chi connectivity index (χ0v) is 15.6. The minimum atomic E-state index is -3.43. The molecule has 0 atom stereocenters. The summed E-state index contributed by atoms with van der Waals surface area (Å²) in [5, 5.41) is 0. The van der Waals surface area contributed by atoms with Gasteiger partial charge in [0.1, 0.15) is 36.2 Å². The molecule has 0 heterocycles. The van der Waals surface area contributed by atoms with E-state index < -0.39 is 10.0 Å². The maximum absolute atomic E-state index is 11.9. The number of methoxy groups -OCH3 is 2. The Morgan fingerprint density at radius 3 is 1.62 bits per heavy atom. The maximum atomic E-state index is 11.9. The molecule has 26 heavy (non-hydrogen) atoms. The average molecular weight is 381 g/mol. The van der Waals surface area contributed by atoms with Crippen LogP contribution in [0.15, 0.2) is 48.5 Å². The summed E-state index contributed by atoms with van der Waals surface area (Å²) in [7, 11) is -0.267. The monoisotopic (exact) mass is 381 g/mol. The fraction of sp³-hybridized carbons (Fsp3) is 0.333. The summed E-state index contributed by atoms with van der Waals surface area (Å²) in [5.74, 6) is 2.54. The molecule has 0 aliphatic heterocycles. The molecule has 0 saturated carbocycles. The Morgan fingerprint density at radius 1 is 0.731 bits per heavy atom. The van der Waals surface area contributed by atoms with Gasteiger partial charge in [0.05, 0.1) is 20.0 Å². The van der Waals surface area contributed by atoms with E-state index in [1.54, 1.807) is 62.8 Å². The highest BCUT2D eigenvalue weighted by Crippen LogP contribution is 2.17.